The summed E-state index contributed by atoms with van der Waals surface area (Å²) in [7, 11) is -2.95. The monoisotopic (exact) mass is 257 g/mol. The van der Waals surface area contributed by atoms with Gasteiger partial charge in [0.2, 0.25) is 0 Å². The van der Waals surface area contributed by atoms with E-state index >= 15 is 0 Å². The third kappa shape index (κ3) is 2.39. The lowest BCUT2D eigenvalue weighted by molar-refractivity contribution is 0.596. The second-order valence-electron chi connectivity index (χ2n) is 3.82. The molecule has 0 aliphatic carbocycles. The number of para-hydroxylation sites is 1. The number of nitrogens with zero attached hydrogens (tertiary/aromatic N) is 1. The van der Waals surface area contributed by atoms with Crippen LogP contribution in [0.4, 0.5) is 0 Å². The minimum atomic E-state index is -2.95. The Morgan fingerprint density at radius 2 is 2.06 bits per heavy atom. The number of hydrogen-bond acceptors (Lipinski definition) is 2. The fourth-order valence-corrected chi connectivity index (χ4v) is 2.48. The molecular weight excluding hydrogens is 246 g/mol. The third-order valence-electron chi connectivity index (χ3n) is 2.44. The molecule has 0 aliphatic heterocycles. The van der Waals surface area contributed by atoms with Crippen molar-refractivity contribution in [2.45, 2.75) is 6.54 Å². The Balaban J connectivity index is 2.39. The van der Waals surface area contributed by atoms with Gasteiger partial charge in [-0.2, -0.15) is 0 Å². The van der Waals surface area contributed by atoms with Gasteiger partial charge in [-0.05, 0) is 12.1 Å². The number of sulfone groups is 1. The molecule has 5 heteroatoms. The molecule has 1 heterocycles. The lowest BCUT2D eigenvalue weighted by Crippen LogP contribution is -2.10. The van der Waals surface area contributed by atoms with Crippen LogP contribution in [0.1, 0.15) is 0 Å². The summed E-state index contributed by atoms with van der Waals surface area (Å²) in [5, 5.41) is 1.68. The number of rotatable bonds is 3. The van der Waals surface area contributed by atoms with Crippen LogP contribution in [0.25, 0.3) is 10.9 Å². The predicted octanol–water partition coefficient (Wildman–Crippen LogP) is 2.34. The van der Waals surface area contributed by atoms with Crippen LogP contribution in [0.15, 0.2) is 30.5 Å². The van der Waals surface area contributed by atoms with Crippen molar-refractivity contribution in [3.05, 3.63) is 35.5 Å². The molecule has 0 amide bonds. The van der Waals surface area contributed by atoms with Gasteiger partial charge in [-0.3, -0.25) is 0 Å². The van der Waals surface area contributed by atoms with Gasteiger partial charge in [-0.1, -0.05) is 23.7 Å². The van der Waals surface area contributed by atoms with Crippen LogP contribution >= 0.6 is 11.6 Å². The van der Waals surface area contributed by atoms with E-state index in [9.17, 15) is 8.42 Å². The van der Waals surface area contributed by atoms with Crippen LogP contribution in [-0.2, 0) is 16.4 Å². The number of benzene rings is 1. The molecule has 2 rings (SSSR count). The molecule has 0 saturated carbocycles. The largest absolute Gasteiger partial charge is 0.345 e. The molecule has 16 heavy (non-hydrogen) atoms. The highest BCUT2D eigenvalue weighted by atomic mass is 35.5. The molecule has 1 aromatic heterocycles. The number of hydrogen-bond donors (Lipinski definition) is 0. The van der Waals surface area contributed by atoms with Crippen LogP contribution in [0.5, 0.6) is 0 Å². The minimum absolute atomic E-state index is 0.127. The zero-order valence-corrected chi connectivity index (χ0v) is 10.4. The first-order chi connectivity index (χ1) is 7.47. The molecule has 0 radical (unpaired) electrons. The zero-order valence-electron chi connectivity index (χ0n) is 8.85. The summed E-state index contributed by atoms with van der Waals surface area (Å²) in [6.07, 6.45) is 3.10. The van der Waals surface area contributed by atoms with Crippen LogP contribution < -0.4 is 0 Å². The van der Waals surface area contributed by atoms with Gasteiger partial charge in [0.05, 0.1) is 16.3 Å². The van der Waals surface area contributed by atoms with Crippen LogP contribution in [0.2, 0.25) is 5.02 Å². The van der Waals surface area contributed by atoms with Gasteiger partial charge in [0.1, 0.15) is 9.84 Å². The second-order valence-corrected chi connectivity index (χ2v) is 6.48. The molecule has 0 fully saturated rings. The maximum Gasteiger partial charge on any atom is 0.149 e. The Morgan fingerprint density at radius 3 is 2.75 bits per heavy atom. The topological polar surface area (TPSA) is 39.1 Å². The highest BCUT2D eigenvalue weighted by molar-refractivity contribution is 7.90. The Labute approximate surface area is 99.6 Å². The fourth-order valence-electron chi connectivity index (χ4n) is 1.66. The van der Waals surface area contributed by atoms with E-state index in [4.69, 9.17) is 11.6 Å². The summed E-state index contributed by atoms with van der Waals surface area (Å²) in [6, 6.07) is 7.58. The van der Waals surface area contributed by atoms with Crippen molar-refractivity contribution in [1.29, 1.82) is 0 Å². The highest BCUT2D eigenvalue weighted by Crippen LogP contribution is 2.24. The Hall–Kier alpha value is -1.00. The normalized spacial score (nSPS) is 12.1. The van der Waals surface area contributed by atoms with E-state index in [0.29, 0.717) is 11.6 Å². The molecule has 1 aromatic carbocycles. The molecule has 0 aliphatic rings. The summed E-state index contributed by atoms with van der Waals surface area (Å²) >= 11 is 6.08. The molecule has 0 bridgehead atoms. The first-order valence-corrected chi connectivity index (χ1v) is 7.32. The average Bonchev–Trinajstić information content (AvgIpc) is 2.58. The smallest absolute Gasteiger partial charge is 0.149 e. The molecule has 0 spiro atoms. The van der Waals surface area contributed by atoms with Crippen LogP contribution in [0.3, 0.4) is 0 Å². The SMILES string of the molecule is CS(=O)(=O)CCn1ccc2cccc(Cl)c21. The van der Waals surface area contributed by atoms with Gasteiger partial charge in [0, 0.05) is 24.4 Å². The Morgan fingerprint density at radius 1 is 1.31 bits per heavy atom. The van der Waals surface area contributed by atoms with Crippen LogP contribution in [-0.4, -0.2) is 25.0 Å². The Kier molecular flexibility index (Phi) is 2.95. The van der Waals surface area contributed by atoms with Crippen molar-refractivity contribution in [3.8, 4) is 0 Å². The van der Waals surface area contributed by atoms with Crippen molar-refractivity contribution in [2.75, 3.05) is 12.0 Å². The van der Waals surface area contributed by atoms with E-state index in [-0.39, 0.29) is 5.75 Å². The molecule has 3 nitrogen and oxygen atoms in total. The quantitative estimate of drug-likeness (QED) is 0.847. The molecule has 2 aromatic rings. The third-order valence-corrected chi connectivity index (χ3v) is 3.67. The van der Waals surface area contributed by atoms with Gasteiger partial charge >= 0.3 is 0 Å². The minimum Gasteiger partial charge on any atom is -0.345 e. The maximum atomic E-state index is 11.1. The van der Waals surface area contributed by atoms with E-state index in [0.717, 1.165) is 10.9 Å². The van der Waals surface area contributed by atoms with E-state index < -0.39 is 9.84 Å². The van der Waals surface area contributed by atoms with Crippen molar-refractivity contribution >= 4 is 32.3 Å². The van der Waals surface area contributed by atoms with E-state index in [1.807, 2.05) is 29.0 Å². The highest BCUT2D eigenvalue weighted by Gasteiger charge is 2.07. The molecule has 0 saturated heterocycles. The van der Waals surface area contributed by atoms with E-state index in [1.165, 1.54) is 6.26 Å². The Bertz CT molecular complexity index is 616. The summed E-state index contributed by atoms with van der Waals surface area (Å²) in [4.78, 5) is 0. The maximum absolute atomic E-state index is 11.1. The van der Waals surface area contributed by atoms with Gasteiger partial charge in [-0.15, -0.1) is 0 Å². The summed E-state index contributed by atoms with van der Waals surface area (Å²) in [5.74, 6) is 0.127. The number of halogens is 1. The number of aryl methyl sites for hydroxylation is 1. The van der Waals surface area contributed by atoms with Gasteiger partial charge in [0.15, 0.2) is 0 Å². The zero-order chi connectivity index (χ0) is 11.8. The first kappa shape index (κ1) is 11.5. The second kappa shape index (κ2) is 4.11. The van der Waals surface area contributed by atoms with Crippen LogP contribution in [0, 0.1) is 0 Å². The average molecular weight is 258 g/mol. The molecule has 86 valence electrons. The lowest BCUT2D eigenvalue weighted by Gasteiger charge is -2.05. The summed E-state index contributed by atoms with van der Waals surface area (Å²) < 4.78 is 24.1. The summed E-state index contributed by atoms with van der Waals surface area (Å²) in [5.41, 5.74) is 0.896. The van der Waals surface area contributed by atoms with Crippen molar-refractivity contribution < 1.29 is 8.42 Å². The molecular formula is C11H12ClNO2S. The molecule has 0 atom stereocenters. The van der Waals surface area contributed by atoms with Gasteiger partial charge in [-0.25, -0.2) is 8.42 Å². The summed E-state index contributed by atoms with van der Waals surface area (Å²) in [6.45, 7) is 0.437. The standard InChI is InChI=1S/C11H12ClNO2S/c1-16(14,15)8-7-13-6-5-9-3-2-4-10(12)11(9)13/h2-6H,7-8H2,1H3. The van der Waals surface area contributed by atoms with Crippen molar-refractivity contribution in [3.63, 3.8) is 0 Å². The first-order valence-electron chi connectivity index (χ1n) is 4.88. The van der Waals surface area contributed by atoms with Gasteiger partial charge < -0.3 is 4.57 Å². The van der Waals surface area contributed by atoms with Gasteiger partial charge in [0.25, 0.3) is 0 Å². The molecule has 0 unspecified atom stereocenters. The fraction of sp³-hybridized carbons (Fsp3) is 0.273. The van der Waals surface area contributed by atoms with Crippen molar-refractivity contribution in [2.24, 2.45) is 0 Å². The van der Waals surface area contributed by atoms with E-state index in [1.54, 1.807) is 6.07 Å². The predicted molar refractivity (Wildman–Crippen MR) is 66.7 cm³/mol. The number of fused-ring (bicyclic) bond motifs is 1. The lowest BCUT2D eigenvalue weighted by atomic mass is 10.2. The number of aromatic nitrogens is 1. The van der Waals surface area contributed by atoms with Crippen molar-refractivity contribution in [1.82, 2.24) is 4.57 Å². The van der Waals surface area contributed by atoms with E-state index in [2.05, 4.69) is 0 Å². The molecule has 0 N–H and O–H groups in total.